The van der Waals surface area contributed by atoms with E-state index in [-0.39, 0.29) is 36.2 Å². The molecule has 3 rings (SSSR count). The Hall–Kier alpha value is -4.01. The number of amides is 3. The third-order valence-corrected chi connectivity index (χ3v) is 7.63. The Balaban J connectivity index is 1.59. The molecule has 1 aliphatic heterocycles. The first-order valence-corrected chi connectivity index (χ1v) is 14.7. The molecule has 2 N–H and O–H groups in total. The zero-order valence-electron chi connectivity index (χ0n) is 25.6. The second kappa shape index (κ2) is 14.8. The number of piperidine rings is 1. The topological polar surface area (TPSA) is 118 Å². The van der Waals surface area contributed by atoms with Crippen LogP contribution in [0.2, 0.25) is 0 Å². The number of likely N-dealkylation sites (tertiary alicyclic amines) is 1. The van der Waals surface area contributed by atoms with E-state index >= 15 is 0 Å². The molecular weight excluding hydrogens is 532 g/mol. The van der Waals surface area contributed by atoms with E-state index in [0.717, 1.165) is 22.0 Å². The average Bonchev–Trinajstić information content (AvgIpc) is 2.98. The summed E-state index contributed by atoms with van der Waals surface area (Å²) >= 11 is 0. The van der Waals surface area contributed by atoms with Gasteiger partial charge < -0.3 is 20.3 Å². The fraction of sp³-hybridized carbons (Fsp3) is 0.485. The van der Waals surface area contributed by atoms with Crippen molar-refractivity contribution in [2.24, 2.45) is 17.8 Å². The summed E-state index contributed by atoms with van der Waals surface area (Å²) in [7, 11) is 0. The van der Waals surface area contributed by atoms with Gasteiger partial charge in [0.25, 0.3) is 5.91 Å². The van der Waals surface area contributed by atoms with E-state index < -0.39 is 29.9 Å². The lowest BCUT2D eigenvalue weighted by atomic mass is 9.95. The fourth-order valence-electron chi connectivity index (χ4n) is 5.09. The summed E-state index contributed by atoms with van der Waals surface area (Å²) < 4.78 is 5.48. The van der Waals surface area contributed by atoms with Gasteiger partial charge in [0, 0.05) is 24.7 Å². The van der Waals surface area contributed by atoms with Crippen LogP contribution in [0.4, 0.5) is 0 Å². The molecule has 0 bridgehead atoms. The van der Waals surface area contributed by atoms with Crippen LogP contribution in [-0.4, -0.2) is 58.8 Å². The first-order chi connectivity index (χ1) is 19.9. The first kappa shape index (κ1) is 32.5. The Bertz CT molecular complexity index is 1340. The monoisotopic (exact) mass is 576 g/mol. The van der Waals surface area contributed by atoms with Crippen molar-refractivity contribution < 1.29 is 23.9 Å². The van der Waals surface area contributed by atoms with E-state index in [9.17, 15) is 19.2 Å². The Morgan fingerprint density at radius 2 is 1.81 bits per heavy atom. The second-order valence-corrected chi connectivity index (χ2v) is 11.4. The Morgan fingerprint density at radius 3 is 2.48 bits per heavy atom. The van der Waals surface area contributed by atoms with Crippen molar-refractivity contribution >= 4 is 40.5 Å². The van der Waals surface area contributed by atoms with E-state index in [2.05, 4.69) is 22.2 Å². The Kier molecular flexibility index (Phi) is 11.4. The number of nitrogens with one attached hydrogen (secondary N) is 2. The standard InChI is InChI=1S/C33H44N4O5/c1-8-11-21(5)33(41)42-29(20(3)4)31(39)36-23(7)32(40)37-15-10-12-26(19-37)30(38)35-22(6)24-13-14-25-18-34-28(9-2)17-27(25)16-24/h8-9,11,13-14,16-18,20-23,26,29H,2,10,12,15,19H2,1,3-7H3,(H,35,38)(H,36,39)/b11-8+/t21-,22-,23+,26-,29+/m1/s1. The van der Waals surface area contributed by atoms with Gasteiger partial charge in [-0.25, -0.2) is 0 Å². The van der Waals surface area contributed by atoms with Crippen LogP contribution in [0.5, 0.6) is 0 Å². The van der Waals surface area contributed by atoms with Gasteiger partial charge in [-0.05, 0) is 75.6 Å². The lowest BCUT2D eigenvalue weighted by Gasteiger charge is -2.34. The predicted octanol–water partition coefficient (Wildman–Crippen LogP) is 4.58. The van der Waals surface area contributed by atoms with Crippen LogP contribution in [0.15, 0.2) is 49.2 Å². The first-order valence-electron chi connectivity index (χ1n) is 14.7. The Morgan fingerprint density at radius 1 is 1.07 bits per heavy atom. The molecule has 9 heteroatoms. The summed E-state index contributed by atoms with van der Waals surface area (Å²) in [5.41, 5.74) is 1.76. The minimum Gasteiger partial charge on any atom is -0.452 e. The molecule has 2 heterocycles. The van der Waals surface area contributed by atoms with Gasteiger partial charge in [0.1, 0.15) is 6.04 Å². The van der Waals surface area contributed by atoms with Crippen LogP contribution in [0.3, 0.4) is 0 Å². The molecular formula is C33H44N4O5. The van der Waals surface area contributed by atoms with Gasteiger partial charge in [-0.2, -0.15) is 0 Å². The number of ether oxygens (including phenoxy) is 1. The number of carbonyl (C=O) groups is 4. The average molecular weight is 577 g/mol. The smallest absolute Gasteiger partial charge is 0.313 e. The highest BCUT2D eigenvalue weighted by Gasteiger charge is 2.34. The minimum atomic E-state index is -1.02. The zero-order chi connectivity index (χ0) is 31.0. The SMILES string of the molecule is C=Cc1cc2cc([C@@H](C)NC(=O)[C@@H]3CCCN(C(=O)[C@H](C)NC(=O)[C@@H](OC(=O)[C@H](C)/C=C/C)C(C)C)C3)ccc2cn1. The number of fused-ring (bicyclic) bond motifs is 1. The molecule has 226 valence electrons. The van der Waals surface area contributed by atoms with E-state index in [4.69, 9.17) is 4.74 Å². The van der Waals surface area contributed by atoms with E-state index in [1.807, 2.05) is 31.2 Å². The molecule has 1 saturated heterocycles. The maximum Gasteiger partial charge on any atom is 0.313 e. The van der Waals surface area contributed by atoms with Gasteiger partial charge in [0.05, 0.1) is 23.6 Å². The minimum absolute atomic E-state index is 0.111. The number of carbonyl (C=O) groups excluding carboxylic acids is 4. The molecule has 5 atom stereocenters. The highest BCUT2D eigenvalue weighted by Crippen LogP contribution is 2.23. The third-order valence-electron chi connectivity index (χ3n) is 7.63. The van der Waals surface area contributed by atoms with Gasteiger partial charge in [-0.3, -0.25) is 24.2 Å². The molecule has 1 fully saturated rings. The van der Waals surface area contributed by atoms with E-state index in [0.29, 0.717) is 19.4 Å². The predicted molar refractivity (Wildman–Crippen MR) is 164 cm³/mol. The van der Waals surface area contributed by atoms with Crippen molar-refractivity contribution in [2.45, 2.75) is 72.6 Å². The number of hydrogen-bond acceptors (Lipinski definition) is 6. The van der Waals surface area contributed by atoms with E-state index in [1.165, 1.54) is 0 Å². The lowest BCUT2D eigenvalue weighted by Crippen LogP contribution is -2.54. The number of esters is 1. The second-order valence-electron chi connectivity index (χ2n) is 11.4. The number of allylic oxidation sites excluding steroid dienone is 1. The highest BCUT2D eigenvalue weighted by molar-refractivity contribution is 5.91. The van der Waals surface area contributed by atoms with E-state index in [1.54, 1.807) is 63.9 Å². The summed E-state index contributed by atoms with van der Waals surface area (Å²) in [6.45, 7) is 15.2. The normalized spacial score (nSPS) is 18.3. The quantitative estimate of drug-likeness (QED) is 0.299. The van der Waals surface area contributed by atoms with Crippen molar-refractivity contribution in [1.82, 2.24) is 20.5 Å². The number of benzene rings is 1. The van der Waals surface area contributed by atoms with Gasteiger partial charge in [-0.15, -0.1) is 0 Å². The van der Waals surface area contributed by atoms with Crippen LogP contribution < -0.4 is 10.6 Å². The number of nitrogens with zero attached hydrogens (tertiary/aromatic N) is 2. The molecule has 1 aromatic carbocycles. The maximum absolute atomic E-state index is 13.3. The van der Waals surface area contributed by atoms with Gasteiger partial charge in [0.15, 0.2) is 6.10 Å². The molecule has 0 radical (unpaired) electrons. The molecule has 9 nitrogen and oxygen atoms in total. The maximum atomic E-state index is 13.3. The number of hydrogen-bond donors (Lipinski definition) is 2. The number of rotatable bonds is 11. The molecule has 0 unspecified atom stereocenters. The Labute approximate surface area is 248 Å². The summed E-state index contributed by atoms with van der Waals surface area (Å²) in [5.74, 6) is -2.51. The van der Waals surface area contributed by atoms with Crippen molar-refractivity contribution in [3.63, 3.8) is 0 Å². The summed E-state index contributed by atoms with van der Waals surface area (Å²) in [6.07, 6.45) is 7.29. The summed E-state index contributed by atoms with van der Waals surface area (Å²) in [6, 6.07) is 6.90. The van der Waals surface area contributed by atoms with Crippen LogP contribution in [0, 0.1) is 17.8 Å². The highest BCUT2D eigenvalue weighted by atomic mass is 16.5. The molecule has 1 aromatic heterocycles. The fourth-order valence-corrected chi connectivity index (χ4v) is 5.09. The van der Waals surface area contributed by atoms with Crippen LogP contribution >= 0.6 is 0 Å². The molecule has 0 saturated carbocycles. The molecule has 3 amide bonds. The molecule has 0 aliphatic carbocycles. The van der Waals surface area contributed by atoms with Gasteiger partial charge in [-0.1, -0.05) is 44.7 Å². The number of aromatic nitrogens is 1. The zero-order valence-corrected chi connectivity index (χ0v) is 25.6. The summed E-state index contributed by atoms with van der Waals surface area (Å²) in [4.78, 5) is 57.9. The molecule has 1 aliphatic rings. The molecule has 2 aromatic rings. The lowest BCUT2D eigenvalue weighted by molar-refractivity contribution is -0.161. The van der Waals surface area contributed by atoms with Crippen LogP contribution in [0.25, 0.3) is 16.8 Å². The van der Waals surface area contributed by atoms with Crippen molar-refractivity contribution in [3.05, 3.63) is 60.5 Å². The van der Waals surface area contributed by atoms with Gasteiger partial charge in [0.2, 0.25) is 11.8 Å². The largest absolute Gasteiger partial charge is 0.452 e. The van der Waals surface area contributed by atoms with Gasteiger partial charge >= 0.3 is 5.97 Å². The number of pyridine rings is 1. The third kappa shape index (κ3) is 8.27. The molecule has 42 heavy (non-hydrogen) atoms. The summed E-state index contributed by atoms with van der Waals surface area (Å²) in [5, 5.41) is 7.85. The van der Waals surface area contributed by atoms with Crippen molar-refractivity contribution in [2.75, 3.05) is 13.1 Å². The van der Waals surface area contributed by atoms with Crippen LogP contribution in [0.1, 0.15) is 71.7 Å². The van der Waals surface area contributed by atoms with Crippen molar-refractivity contribution in [3.8, 4) is 0 Å². The molecule has 0 spiro atoms. The van der Waals surface area contributed by atoms with Crippen LogP contribution in [-0.2, 0) is 23.9 Å². The van der Waals surface area contributed by atoms with Crippen molar-refractivity contribution in [1.29, 1.82) is 0 Å².